The highest BCUT2D eigenvalue weighted by molar-refractivity contribution is 6.30. The first kappa shape index (κ1) is 17.3. The number of ether oxygens (including phenoxy) is 1. The summed E-state index contributed by atoms with van der Waals surface area (Å²) in [6.45, 7) is 5.26. The Morgan fingerprint density at radius 3 is 2.62 bits per heavy atom. The van der Waals surface area contributed by atoms with Gasteiger partial charge in [-0.15, -0.1) is 0 Å². The van der Waals surface area contributed by atoms with Crippen molar-refractivity contribution < 1.29 is 19.4 Å². The third-order valence-corrected chi connectivity index (χ3v) is 3.24. The number of carbonyl (C=O) groups excluding carboxylic acids is 1. The minimum Gasteiger partial charge on any atom is -0.481 e. The Kier molecular flexibility index (Phi) is 6.49. The van der Waals surface area contributed by atoms with Gasteiger partial charge in [-0.2, -0.15) is 0 Å². The summed E-state index contributed by atoms with van der Waals surface area (Å²) in [7, 11) is 0. The molecular formula is C15H20ClNO4. The summed E-state index contributed by atoms with van der Waals surface area (Å²) in [5.41, 5.74) is 0.811. The fourth-order valence-corrected chi connectivity index (χ4v) is 2.05. The third-order valence-electron chi connectivity index (χ3n) is 3.00. The maximum atomic E-state index is 12.0. The lowest BCUT2D eigenvalue weighted by molar-refractivity contribution is -0.143. The molecule has 6 heteroatoms. The molecular weight excluding hydrogens is 294 g/mol. The van der Waals surface area contributed by atoms with Crippen LogP contribution in [0.5, 0.6) is 5.75 Å². The van der Waals surface area contributed by atoms with Crippen LogP contribution in [-0.2, 0) is 9.59 Å². The molecule has 0 bridgehead atoms. The van der Waals surface area contributed by atoms with Gasteiger partial charge in [0.15, 0.2) is 6.10 Å². The average molecular weight is 314 g/mol. The zero-order valence-corrected chi connectivity index (χ0v) is 13.1. The number of amides is 1. The van der Waals surface area contributed by atoms with Crippen molar-refractivity contribution in [3.8, 4) is 5.75 Å². The Balaban J connectivity index is 2.67. The summed E-state index contributed by atoms with van der Waals surface area (Å²) in [6, 6.07) is 4.20. The molecule has 1 rings (SSSR count). The van der Waals surface area contributed by atoms with Crippen LogP contribution in [0.3, 0.4) is 0 Å². The van der Waals surface area contributed by atoms with Gasteiger partial charge in [-0.3, -0.25) is 4.79 Å². The Morgan fingerprint density at radius 1 is 1.43 bits per heavy atom. The van der Waals surface area contributed by atoms with E-state index in [2.05, 4.69) is 5.32 Å². The van der Waals surface area contributed by atoms with E-state index in [0.29, 0.717) is 23.6 Å². The maximum Gasteiger partial charge on any atom is 0.326 e. The van der Waals surface area contributed by atoms with E-state index in [4.69, 9.17) is 21.4 Å². The normalized spacial score (nSPS) is 13.3. The van der Waals surface area contributed by atoms with E-state index in [-0.39, 0.29) is 0 Å². The number of benzene rings is 1. The number of carboxylic acids is 1. The number of halogens is 1. The van der Waals surface area contributed by atoms with Crippen molar-refractivity contribution in [3.63, 3.8) is 0 Å². The maximum absolute atomic E-state index is 12.0. The molecule has 21 heavy (non-hydrogen) atoms. The summed E-state index contributed by atoms with van der Waals surface area (Å²) in [4.78, 5) is 23.0. The van der Waals surface area contributed by atoms with Crippen LogP contribution in [0.4, 0.5) is 0 Å². The van der Waals surface area contributed by atoms with Crippen LogP contribution in [0.25, 0.3) is 0 Å². The first-order chi connectivity index (χ1) is 9.85. The Bertz CT molecular complexity index is 518. The van der Waals surface area contributed by atoms with Crippen molar-refractivity contribution in [1.29, 1.82) is 0 Å². The van der Waals surface area contributed by atoms with Crippen LogP contribution >= 0.6 is 11.6 Å². The first-order valence-corrected chi connectivity index (χ1v) is 7.19. The molecule has 1 aromatic rings. The first-order valence-electron chi connectivity index (χ1n) is 6.81. The zero-order chi connectivity index (χ0) is 16.0. The molecule has 0 aliphatic heterocycles. The van der Waals surface area contributed by atoms with Crippen molar-refractivity contribution in [2.75, 3.05) is 0 Å². The van der Waals surface area contributed by atoms with Gasteiger partial charge in [-0.25, -0.2) is 4.79 Å². The van der Waals surface area contributed by atoms with Crippen molar-refractivity contribution in [2.45, 2.75) is 45.8 Å². The van der Waals surface area contributed by atoms with E-state index in [1.54, 1.807) is 25.1 Å². The lowest BCUT2D eigenvalue weighted by atomic mass is 10.1. The minimum absolute atomic E-state index is 0.383. The Hall–Kier alpha value is -1.75. The summed E-state index contributed by atoms with van der Waals surface area (Å²) >= 11 is 5.85. The molecule has 0 saturated carbocycles. The predicted molar refractivity (Wildman–Crippen MR) is 80.8 cm³/mol. The molecule has 1 unspecified atom stereocenters. The van der Waals surface area contributed by atoms with Crippen molar-refractivity contribution in [3.05, 3.63) is 28.8 Å². The van der Waals surface area contributed by atoms with E-state index < -0.39 is 24.0 Å². The second-order valence-electron chi connectivity index (χ2n) is 4.86. The van der Waals surface area contributed by atoms with Crippen LogP contribution in [0.2, 0.25) is 5.02 Å². The second kappa shape index (κ2) is 7.88. The number of hydrogen-bond donors (Lipinski definition) is 2. The molecule has 2 N–H and O–H groups in total. The predicted octanol–water partition coefficient (Wildman–Crippen LogP) is 2.79. The molecule has 0 radical (unpaired) electrons. The highest BCUT2D eigenvalue weighted by Gasteiger charge is 2.23. The van der Waals surface area contributed by atoms with Crippen LogP contribution in [0, 0.1) is 6.92 Å². The van der Waals surface area contributed by atoms with Gasteiger partial charge in [0.25, 0.3) is 5.91 Å². The third kappa shape index (κ3) is 5.27. The van der Waals surface area contributed by atoms with E-state index in [9.17, 15) is 9.59 Å². The molecule has 0 aliphatic rings. The number of rotatable bonds is 7. The van der Waals surface area contributed by atoms with Gasteiger partial charge in [0, 0.05) is 5.02 Å². The summed E-state index contributed by atoms with van der Waals surface area (Å²) in [6.07, 6.45) is 0.264. The number of hydrogen-bond acceptors (Lipinski definition) is 3. The smallest absolute Gasteiger partial charge is 0.326 e. The average Bonchev–Trinajstić information content (AvgIpc) is 2.41. The molecule has 1 aromatic carbocycles. The van der Waals surface area contributed by atoms with Gasteiger partial charge in [0.2, 0.25) is 0 Å². The minimum atomic E-state index is -1.04. The van der Waals surface area contributed by atoms with Gasteiger partial charge < -0.3 is 15.2 Å². The van der Waals surface area contributed by atoms with Gasteiger partial charge in [-0.05, 0) is 44.0 Å². The summed E-state index contributed by atoms with van der Waals surface area (Å²) < 4.78 is 5.56. The Morgan fingerprint density at radius 2 is 2.10 bits per heavy atom. The van der Waals surface area contributed by atoms with Crippen LogP contribution < -0.4 is 10.1 Å². The molecule has 0 heterocycles. The molecule has 0 aliphatic carbocycles. The van der Waals surface area contributed by atoms with Crippen molar-refractivity contribution >= 4 is 23.5 Å². The van der Waals surface area contributed by atoms with Gasteiger partial charge in [0.1, 0.15) is 11.8 Å². The van der Waals surface area contributed by atoms with Crippen LogP contribution in [0.1, 0.15) is 32.3 Å². The van der Waals surface area contributed by atoms with Gasteiger partial charge in [-0.1, -0.05) is 24.9 Å². The van der Waals surface area contributed by atoms with Crippen molar-refractivity contribution in [1.82, 2.24) is 5.32 Å². The molecule has 116 valence electrons. The lowest BCUT2D eigenvalue weighted by Crippen LogP contribution is -2.46. The number of carboxylic acid groups (broad SMARTS) is 1. The highest BCUT2D eigenvalue weighted by Crippen LogP contribution is 2.22. The number of carbonyl (C=O) groups is 2. The zero-order valence-electron chi connectivity index (χ0n) is 12.4. The summed E-state index contributed by atoms with van der Waals surface area (Å²) in [5, 5.41) is 12.1. The molecule has 1 amide bonds. The van der Waals surface area contributed by atoms with Crippen LogP contribution in [0.15, 0.2) is 18.2 Å². The molecule has 0 aromatic heterocycles. The van der Waals surface area contributed by atoms with E-state index in [0.717, 1.165) is 5.56 Å². The number of nitrogens with one attached hydrogen (secondary N) is 1. The monoisotopic (exact) mass is 313 g/mol. The molecule has 0 spiro atoms. The topological polar surface area (TPSA) is 75.6 Å². The Labute approximate surface area is 129 Å². The van der Waals surface area contributed by atoms with E-state index >= 15 is 0 Å². The van der Waals surface area contributed by atoms with Gasteiger partial charge >= 0.3 is 5.97 Å². The molecule has 5 nitrogen and oxygen atoms in total. The standard InChI is InChI=1S/C15H20ClNO4/c1-4-5-12(15(19)20)17-14(18)10(3)21-13-7-6-11(16)8-9(13)2/h6-8,10,12H,4-5H2,1-3H3,(H,17,18)(H,19,20)/t10?,12-/m0/s1. The SMILES string of the molecule is CCC[C@H](NC(=O)C(C)Oc1ccc(Cl)cc1C)C(=O)O. The van der Waals surface area contributed by atoms with E-state index in [1.807, 2.05) is 13.8 Å². The second-order valence-corrected chi connectivity index (χ2v) is 5.29. The van der Waals surface area contributed by atoms with Crippen molar-refractivity contribution in [2.24, 2.45) is 0 Å². The number of aliphatic carboxylic acids is 1. The number of aryl methyl sites for hydroxylation is 1. The van der Waals surface area contributed by atoms with Crippen LogP contribution in [-0.4, -0.2) is 29.1 Å². The lowest BCUT2D eigenvalue weighted by Gasteiger charge is -2.19. The largest absolute Gasteiger partial charge is 0.481 e. The summed E-state index contributed by atoms with van der Waals surface area (Å²) in [5.74, 6) is -0.949. The molecule has 2 atom stereocenters. The molecule has 0 fully saturated rings. The van der Waals surface area contributed by atoms with Gasteiger partial charge in [0.05, 0.1) is 0 Å². The quantitative estimate of drug-likeness (QED) is 0.811. The molecule has 0 saturated heterocycles. The highest BCUT2D eigenvalue weighted by atomic mass is 35.5. The fourth-order valence-electron chi connectivity index (χ4n) is 1.82. The van der Waals surface area contributed by atoms with E-state index in [1.165, 1.54) is 0 Å². The fraction of sp³-hybridized carbons (Fsp3) is 0.467.